The van der Waals surface area contributed by atoms with Crippen molar-refractivity contribution in [2.24, 2.45) is 0 Å². The number of aryl methyl sites for hydroxylation is 2. The van der Waals surface area contributed by atoms with E-state index in [1.807, 2.05) is 13.8 Å². The van der Waals surface area contributed by atoms with Crippen LogP contribution in [0.2, 0.25) is 0 Å². The molecule has 0 aliphatic rings. The summed E-state index contributed by atoms with van der Waals surface area (Å²) in [6, 6.07) is 3.62. The Balaban J connectivity index is 1.65. The Morgan fingerprint density at radius 3 is 2.64 bits per heavy atom. The minimum Gasteiger partial charge on any atom is -0.344 e. The summed E-state index contributed by atoms with van der Waals surface area (Å²) >= 11 is 1.51. The van der Waals surface area contributed by atoms with Crippen LogP contribution in [0.3, 0.4) is 0 Å². The van der Waals surface area contributed by atoms with Crippen LogP contribution in [0.5, 0.6) is 0 Å². The third-order valence-corrected chi connectivity index (χ3v) is 4.70. The van der Waals surface area contributed by atoms with Gasteiger partial charge in [0.15, 0.2) is 5.69 Å². The summed E-state index contributed by atoms with van der Waals surface area (Å²) in [6.45, 7) is 4.01. The second-order valence-electron chi connectivity index (χ2n) is 5.43. The summed E-state index contributed by atoms with van der Waals surface area (Å²) < 4.78 is 28.5. The third-order valence-electron chi connectivity index (χ3n) is 3.63. The van der Waals surface area contributed by atoms with Crippen molar-refractivity contribution in [3.63, 3.8) is 0 Å². The number of hydrogen-bond donors (Lipinski definition) is 1. The molecule has 0 unspecified atom stereocenters. The molecule has 0 atom stereocenters. The quantitative estimate of drug-likeness (QED) is 0.756. The first-order chi connectivity index (χ1) is 11.9. The van der Waals surface area contributed by atoms with Crippen LogP contribution in [-0.4, -0.2) is 25.9 Å². The second-order valence-corrected chi connectivity index (χ2v) is 6.72. The molecule has 0 saturated carbocycles. The van der Waals surface area contributed by atoms with Gasteiger partial charge in [-0.2, -0.15) is 0 Å². The van der Waals surface area contributed by atoms with E-state index in [9.17, 15) is 13.6 Å². The standard InChI is InChI=1S/C16H15F2N5OS/c1-9-10(2)25-15(20-9)6-19-16(24)14-8-23(22-21-14)7-11-12(17)4-3-5-13(11)18/h3-5,8H,6-7H2,1-2H3,(H,19,24). The second kappa shape index (κ2) is 7.06. The molecule has 0 bridgehead atoms. The minimum atomic E-state index is -0.670. The topological polar surface area (TPSA) is 72.7 Å². The molecule has 0 saturated heterocycles. The lowest BCUT2D eigenvalue weighted by molar-refractivity contribution is 0.0945. The van der Waals surface area contributed by atoms with Crippen LogP contribution in [0, 0.1) is 25.5 Å². The Morgan fingerprint density at radius 1 is 1.28 bits per heavy atom. The Labute approximate surface area is 146 Å². The van der Waals surface area contributed by atoms with Gasteiger partial charge in [0.25, 0.3) is 5.91 Å². The van der Waals surface area contributed by atoms with Gasteiger partial charge in [-0.05, 0) is 26.0 Å². The van der Waals surface area contributed by atoms with E-state index in [0.717, 1.165) is 15.6 Å². The number of amides is 1. The molecule has 1 N–H and O–H groups in total. The lowest BCUT2D eigenvalue weighted by Gasteiger charge is -2.03. The number of carbonyl (C=O) groups is 1. The maximum Gasteiger partial charge on any atom is 0.273 e. The van der Waals surface area contributed by atoms with Crippen LogP contribution >= 0.6 is 11.3 Å². The molecule has 25 heavy (non-hydrogen) atoms. The average molecular weight is 363 g/mol. The van der Waals surface area contributed by atoms with Crippen LogP contribution in [-0.2, 0) is 13.1 Å². The summed E-state index contributed by atoms with van der Waals surface area (Å²) in [7, 11) is 0. The fourth-order valence-corrected chi connectivity index (χ4v) is 3.06. The van der Waals surface area contributed by atoms with E-state index >= 15 is 0 Å². The fourth-order valence-electron chi connectivity index (χ4n) is 2.19. The van der Waals surface area contributed by atoms with Crippen LogP contribution in [0.4, 0.5) is 8.78 Å². The van der Waals surface area contributed by atoms with Crippen molar-refractivity contribution < 1.29 is 13.6 Å². The van der Waals surface area contributed by atoms with Crippen molar-refractivity contribution in [1.29, 1.82) is 0 Å². The van der Waals surface area contributed by atoms with E-state index < -0.39 is 17.5 Å². The highest BCUT2D eigenvalue weighted by Crippen LogP contribution is 2.16. The van der Waals surface area contributed by atoms with Crippen molar-refractivity contribution in [2.75, 3.05) is 0 Å². The molecule has 2 heterocycles. The van der Waals surface area contributed by atoms with E-state index in [0.29, 0.717) is 0 Å². The first-order valence-corrected chi connectivity index (χ1v) is 8.30. The van der Waals surface area contributed by atoms with Crippen LogP contribution in [0.1, 0.15) is 31.6 Å². The van der Waals surface area contributed by atoms with Gasteiger partial charge in [-0.3, -0.25) is 4.79 Å². The van der Waals surface area contributed by atoms with Gasteiger partial charge in [0, 0.05) is 10.4 Å². The molecule has 0 aliphatic heterocycles. The summed E-state index contributed by atoms with van der Waals surface area (Å²) in [5.41, 5.74) is 0.877. The van der Waals surface area contributed by atoms with Crippen molar-refractivity contribution in [1.82, 2.24) is 25.3 Å². The van der Waals surface area contributed by atoms with Gasteiger partial charge in [-0.25, -0.2) is 18.4 Å². The van der Waals surface area contributed by atoms with Crippen molar-refractivity contribution in [3.8, 4) is 0 Å². The summed E-state index contributed by atoms with van der Waals surface area (Å²) in [5.74, 6) is -1.77. The molecule has 3 rings (SSSR count). The number of halogens is 2. The van der Waals surface area contributed by atoms with Crippen molar-refractivity contribution >= 4 is 17.2 Å². The summed E-state index contributed by atoms with van der Waals surface area (Å²) in [4.78, 5) is 17.5. The zero-order valence-corrected chi connectivity index (χ0v) is 14.4. The number of nitrogens with zero attached hydrogens (tertiary/aromatic N) is 4. The normalized spacial score (nSPS) is 10.9. The molecule has 0 spiro atoms. The molecule has 1 amide bonds. The predicted octanol–water partition coefficient (Wildman–Crippen LogP) is 2.61. The van der Waals surface area contributed by atoms with Gasteiger partial charge in [0.05, 0.1) is 25.0 Å². The van der Waals surface area contributed by atoms with E-state index in [1.54, 1.807) is 0 Å². The summed E-state index contributed by atoms with van der Waals surface area (Å²) in [5, 5.41) is 11.0. The first-order valence-electron chi connectivity index (χ1n) is 7.48. The molecule has 0 aliphatic carbocycles. The fraction of sp³-hybridized carbons (Fsp3) is 0.250. The molecule has 130 valence electrons. The maximum absolute atomic E-state index is 13.7. The number of benzene rings is 1. The van der Waals surface area contributed by atoms with Gasteiger partial charge < -0.3 is 5.32 Å². The number of hydrogen-bond acceptors (Lipinski definition) is 5. The molecule has 1 aromatic carbocycles. The van der Waals surface area contributed by atoms with E-state index in [-0.39, 0.29) is 24.3 Å². The van der Waals surface area contributed by atoms with Gasteiger partial charge in [0.1, 0.15) is 16.6 Å². The lowest BCUT2D eigenvalue weighted by Crippen LogP contribution is -2.23. The monoisotopic (exact) mass is 363 g/mol. The predicted molar refractivity (Wildman–Crippen MR) is 88.2 cm³/mol. The van der Waals surface area contributed by atoms with Crippen molar-refractivity contribution in [2.45, 2.75) is 26.9 Å². The lowest BCUT2D eigenvalue weighted by atomic mass is 10.2. The minimum absolute atomic E-state index is 0.0711. The Morgan fingerprint density at radius 2 is 2.00 bits per heavy atom. The molecule has 0 fully saturated rings. The number of carbonyl (C=O) groups excluding carboxylic acids is 1. The molecular weight excluding hydrogens is 348 g/mol. The van der Waals surface area contributed by atoms with Crippen LogP contribution in [0.15, 0.2) is 24.4 Å². The zero-order valence-electron chi connectivity index (χ0n) is 13.6. The molecule has 9 heteroatoms. The number of nitrogens with one attached hydrogen (secondary N) is 1. The Kier molecular flexibility index (Phi) is 4.84. The van der Waals surface area contributed by atoms with E-state index in [4.69, 9.17) is 0 Å². The van der Waals surface area contributed by atoms with Gasteiger partial charge in [0.2, 0.25) is 0 Å². The number of thiazole rings is 1. The molecule has 2 aromatic heterocycles. The third kappa shape index (κ3) is 3.87. The molecule has 6 nitrogen and oxygen atoms in total. The smallest absolute Gasteiger partial charge is 0.273 e. The molecule has 3 aromatic rings. The molecular formula is C16H15F2N5OS. The van der Waals surface area contributed by atoms with Gasteiger partial charge in [-0.15, -0.1) is 16.4 Å². The Bertz CT molecular complexity index is 881. The van der Waals surface area contributed by atoms with Crippen molar-refractivity contribution in [3.05, 3.63) is 62.9 Å². The van der Waals surface area contributed by atoms with Gasteiger partial charge in [-0.1, -0.05) is 11.3 Å². The SMILES string of the molecule is Cc1nc(CNC(=O)c2cn(Cc3c(F)cccc3F)nn2)sc1C. The summed E-state index contributed by atoms with van der Waals surface area (Å²) in [6.07, 6.45) is 1.35. The van der Waals surface area contributed by atoms with E-state index in [2.05, 4.69) is 20.6 Å². The first kappa shape index (κ1) is 17.2. The zero-order chi connectivity index (χ0) is 18.0. The number of rotatable bonds is 5. The van der Waals surface area contributed by atoms with Gasteiger partial charge >= 0.3 is 0 Å². The highest BCUT2D eigenvalue weighted by atomic mass is 32.1. The largest absolute Gasteiger partial charge is 0.344 e. The molecule has 0 radical (unpaired) electrons. The van der Waals surface area contributed by atoms with Crippen LogP contribution in [0.25, 0.3) is 0 Å². The maximum atomic E-state index is 13.7. The number of aromatic nitrogens is 4. The highest BCUT2D eigenvalue weighted by Gasteiger charge is 2.14. The average Bonchev–Trinajstić information content (AvgIpc) is 3.16. The highest BCUT2D eigenvalue weighted by molar-refractivity contribution is 7.11. The Hall–Kier alpha value is -2.68. The van der Waals surface area contributed by atoms with Crippen LogP contribution < -0.4 is 5.32 Å². The van der Waals surface area contributed by atoms with E-state index in [1.165, 1.54) is 40.4 Å².